The summed E-state index contributed by atoms with van der Waals surface area (Å²) >= 11 is 0. The topological polar surface area (TPSA) is 117 Å². The zero-order valence-corrected chi connectivity index (χ0v) is 30.6. The average molecular weight is 717 g/mol. The molecule has 1 aliphatic carbocycles. The van der Waals surface area contributed by atoms with E-state index in [1.54, 1.807) is 48.3 Å². The Kier molecular flexibility index (Phi) is 12.7. The molecule has 10 heteroatoms. The van der Waals surface area contributed by atoms with E-state index in [1.165, 1.54) is 7.11 Å². The number of benzene rings is 4. The molecule has 0 aromatic heterocycles. The number of rotatable bonds is 13. The summed E-state index contributed by atoms with van der Waals surface area (Å²) in [6, 6.07) is 25.9. The van der Waals surface area contributed by atoms with Crippen LogP contribution in [0.3, 0.4) is 0 Å². The second kappa shape index (κ2) is 17.9. The highest BCUT2D eigenvalue weighted by atomic mass is 16.5. The molecule has 10 nitrogen and oxygen atoms in total. The van der Waals surface area contributed by atoms with E-state index < -0.39 is 0 Å². The van der Waals surface area contributed by atoms with Gasteiger partial charge in [-0.25, -0.2) is 4.79 Å². The van der Waals surface area contributed by atoms with Gasteiger partial charge in [0, 0.05) is 50.0 Å². The molecule has 4 aromatic rings. The van der Waals surface area contributed by atoms with Crippen LogP contribution in [0.1, 0.15) is 82.9 Å². The number of amides is 3. The molecule has 1 aliphatic heterocycles. The van der Waals surface area contributed by atoms with E-state index >= 15 is 0 Å². The maximum atomic E-state index is 13.8. The summed E-state index contributed by atoms with van der Waals surface area (Å²) in [6.07, 6.45) is 6.57. The molecule has 276 valence electrons. The highest BCUT2D eigenvalue weighted by Crippen LogP contribution is 2.29. The highest BCUT2D eigenvalue weighted by molar-refractivity contribution is 6.13. The lowest BCUT2D eigenvalue weighted by Gasteiger charge is -2.28. The molecular weight excluding hydrogens is 668 g/mol. The van der Waals surface area contributed by atoms with Crippen molar-refractivity contribution in [2.45, 2.75) is 44.9 Å². The molecule has 1 fully saturated rings. The van der Waals surface area contributed by atoms with Gasteiger partial charge in [0.15, 0.2) is 0 Å². The van der Waals surface area contributed by atoms with Crippen molar-refractivity contribution >= 4 is 35.1 Å². The fraction of sp³-hybridized carbons (Fsp3) is 0.349. The molecule has 0 bridgehead atoms. The average Bonchev–Trinajstić information content (AvgIpc) is 3.20. The van der Waals surface area contributed by atoms with Gasteiger partial charge in [-0.3, -0.25) is 19.3 Å². The number of anilines is 2. The Bertz CT molecular complexity index is 1920. The quantitative estimate of drug-likeness (QED) is 0.153. The monoisotopic (exact) mass is 716 g/mol. The number of esters is 1. The van der Waals surface area contributed by atoms with Crippen LogP contribution in [0.4, 0.5) is 11.4 Å². The second-order valence-electron chi connectivity index (χ2n) is 13.8. The summed E-state index contributed by atoms with van der Waals surface area (Å²) in [4.78, 5) is 56.4. The van der Waals surface area contributed by atoms with Crippen LogP contribution in [0.5, 0.6) is 0 Å². The zero-order chi connectivity index (χ0) is 37.2. The number of carbonyl (C=O) groups excluding carboxylic acids is 4. The maximum absolute atomic E-state index is 13.8. The third-order valence-electron chi connectivity index (χ3n) is 10.1. The Hall–Kier alpha value is -5.32. The van der Waals surface area contributed by atoms with Crippen LogP contribution in [0.15, 0.2) is 84.9 Å². The van der Waals surface area contributed by atoms with Crippen LogP contribution in [0.2, 0.25) is 0 Å². The number of likely N-dealkylation sites (N-methyl/N-ethyl adjacent to an activating group) is 1. The summed E-state index contributed by atoms with van der Waals surface area (Å²) < 4.78 is 10.2. The van der Waals surface area contributed by atoms with Crippen molar-refractivity contribution in [2.75, 3.05) is 64.2 Å². The van der Waals surface area contributed by atoms with Gasteiger partial charge in [0.2, 0.25) is 0 Å². The first-order valence-electron chi connectivity index (χ1n) is 18.5. The van der Waals surface area contributed by atoms with Crippen molar-refractivity contribution < 1.29 is 28.7 Å². The first-order valence-corrected chi connectivity index (χ1v) is 18.5. The minimum absolute atomic E-state index is 0.153. The van der Waals surface area contributed by atoms with Gasteiger partial charge in [-0.2, -0.15) is 0 Å². The molecule has 1 heterocycles. The van der Waals surface area contributed by atoms with Crippen molar-refractivity contribution in [3.05, 3.63) is 129 Å². The van der Waals surface area contributed by atoms with E-state index in [4.69, 9.17) is 9.47 Å². The van der Waals surface area contributed by atoms with Crippen LogP contribution in [0, 0.1) is 0 Å². The predicted molar refractivity (Wildman–Crippen MR) is 206 cm³/mol. The molecule has 0 saturated carbocycles. The number of hydrogen-bond donors (Lipinski definition) is 2. The van der Waals surface area contributed by atoms with Crippen LogP contribution in [-0.2, 0) is 35.2 Å². The lowest BCUT2D eigenvalue weighted by atomic mass is 9.89. The lowest BCUT2D eigenvalue weighted by Crippen LogP contribution is -2.41. The number of nitrogens with one attached hydrogen (secondary N) is 2. The van der Waals surface area contributed by atoms with Gasteiger partial charge < -0.3 is 25.0 Å². The molecule has 4 aromatic carbocycles. The standard InChI is InChI=1S/C43H48N4O6/c1-46(21-22-47-23-25-53-26-24-47)42(50)36-12-6-11-35(27-36)40(48)45-39-29-34-10-4-3-9-33(34)28-38(39)41(49)44-37-19-15-31(16-20-37)8-5-7-30-13-17-32(18-14-30)43(51)52-2/h6,11-20,27-29H,3-5,7-10,21-26H2,1-2H3,(H,44,49)(H,45,48). The van der Waals surface area contributed by atoms with E-state index in [0.717, 1.165) is 86.8 Å². The van der Waals surface area contributed by atoms with Crippen molar-refractivity contribution in [3.63, 3.8) is 0 Å². The molecule has 6 rings (SSSR count). The van der Waals surface area contributed by atoms with E-state index in [2.05, 4.69) is 15.5 Å². The highest BCUT2D eigenvalue weighted by Gasteiger charge is 2.21. The molecule has 0 atom stereocenters. The number of hydrogen-bond acceptors (Lipinski definition) is 7. The minimum Gasteiger partial charge on any atom is -0.465 e. The summed E-state index contributed by atoms with van der Waals surface area (Å²) in [5, 5.41) is 6.03. The number of nitrogens with zero attached hydrogens (tertiary/aromatic N) is 2. The Labute approximate surface area is 311 Å². The van der Waals surface area contributed by atoms with Crippen molar-refractivity contribution in [2.24, 2.45) is 0 Å². The molecule has 53 heavy (non-hydrogen) atoms. The Morgan fingerprint density at radius 1 is 0.755 bits per heavy atom. The van der Waals surface area contributed by atoms with Crippen molar-refractivity contribution in [1.29, 1.82) is 0 Å². The smallest absolute Gasteiger partial charge is 0.337 e. The normalized spacial score (nSPS) is 14.2. The number of aryl methyl sites for hydroxylation is 4. The minimum atomic E-state index is -0.385. The van der Waals surface area contributed by atoms with Crippen LogP contribution >= 0.6 is 0 Å². The number of methoxy groups -OCH3 is 1. The fourth-order valence-electron chi connectivity index (χ4n) is 6.88. The predicted octanol–water partition coefficient (Wildman–Crippen LogP) is 6.44. The first kappa shape index (κ1) is 37.4. The Morgan fingerprint density at radius 2 is 1.40 bits per heavy atom. The Balaban J connectivity index is 1.09. The molecule has 0 unspecified atom stereocenters. The molecule has 0 spiro atoms. The lowest BCUT2D eigenvalue weighted by molar-refractivity contribution is 0.0338. The van der Waals surface area contributed by atoms with Gasteiger partial charge in [-0.15, -0.1) is 0 Å². The molecule has 1 saturated heterocycles. The largest absolute Gasteiger partial charge is 0.465 e. The van der Waals surface area contributed by atoms with E-state index in [9.17, 15) is 19.2 Å². The van der Waals surface area contributed by atoms with Gasteiger partial charge in [0.1, 0.15) is 0 Å². The fourth-order valence-corrected chi connectivity index (χ4v) is 6.88. The number of morpholine rings is 1. The second-order valence-corrected chi connectivity index (χ2v) is 13.8. The molecular formula is C43H48N4O6. The summed E-state index contributed by atoms with van der Waals surface area (Å²) in [7, 11) is 3.15. The zero-order valence-electron chi connectivity index (χ0n) is 30.6. The number of carbonyl (C=O) groups is 4. The maximum Gasteiger partial charge on any atom is 0.337 e. The van der Waals surface area contributed by atoms with Crippen LogP contribution < -0.4 is 10.6 Å². The van der Waals surface area contributed by atoms with E-state index in [-0.39, 0.29) is 23.7 Å². The Morgan fingerprint density at radius 3 is 2.08 bits per heavy atom. The first-order chi connectivity index (χ1) is 25.8. The summed E-state index contributed by atoms with van der Waals surface area (Å²) in [5.41, 5.74) is 7.39. The van der Waals surface area contributed by atoms with Gasteiger partial charge >= 0.3 is 5.97 Å². The molecule has 2 aliphatic rings. The number of fused-ring (bicyclic) bond motifs is 1. The molecule has 3 amide bonds. The van der Waals surface area contributed by atoms with Crippen molar-refractivity contribution in [1.82, 2.24) is 9.80 Å². The number of ether oxygens (including phenoxy) is 2. The van der Waals surface area contributed by atoms with E-state index in [1.807, 2.05) is 48.5 Å². The van der Waals surface area contributed by atoms with Gasteiger partial charge in [-0.1, -0.05) is 30.3 Å². The van der Waals surface area contributed by atoms with Gasteiger partial charge in [0.05, 0.1) is 37.1 Å². The molecule has 2 N–H and O–H groups in total. The third kappa shape index (κ3) is 9.97. The van der Waals surface area contributed by atoms with Gasteiger partial charge in [-0.05, 0) is 122 Å². The summed E-state index contributed by atoms with van der Waals surface area (Å²) in [5.74, 6) is -1.18. The van der Waals surface area contributed by atoms with Gasteiger partial charge in [0.25, 0.3) is 17.7 Å². The van der Waals surface area contributed by atoms with Crippen LogP contribution in [-0.4, -0.2) is 87.0 Å². The SMILES string of the molecule is COC(=O)c1ccc(CCCc2ccc(NC(=O)c3cc4c(cc3NC(=O)c3cccc(C(=O)N(C)CCN5CCOCC5)c3)CCCC4)cc2)cc1. The third-order valence-corrected chi connectivity index (χ3v) is 10.1. The molecule has 0 radical (unpaired) electrons. The van der Waals surface area contributed by atoms with Crippen molar-refractivity contribution in [3.8, 4) is 0 Å². The van der Waals surface area contributed by atoms with E-state index in [0.29, 0.717) is 53.4 Å². The van der Waals surface area contributed by atoms with Crippen LogP contribution in [0.25, 0.3) is 0 Å². The summed E-state index contributed by atoms with van der Waals surface area (Å²) in [6.45, 7) is 4.45.